The van der Waals surface area contributed by atoms with Crippen LogP contribution in [0, 0.1) is 0 Å². The minimum Gasteiger partial charge on any atom is -0.457 e. The third-order valence-corrected chi connectivity index (χ3v) is 3.59. The Morgan fingerprint density at radius 3 is 2.43 bits per heavy atom. The van der Waals surface area contributed by atoms with E-state index in [4.69, 9.17) is 22.1 Å². The topological polar surface area (TPSA) is 52.3 Å². The minimum absolute atomic E-state index is 0.236. The molecule has 0 atom stereocenters. The number of ether oxygens (including phenoxy) is 1. The van der Waals surface area contributed by atoms with Crippen molar-refractivity contribution in [3.05, 3.63) is 64.2 Å². The van der Waals surface area contributed by atoms with Gasteiger partial charge in [-0.25, -0.2) is 4.79 Å². The Morgan fingerprint density at radius 1 is 1.19 bits per heavy atom. The van der Waals surface area contributed by atoms with E-state index in [1.807, 2.05) is 24.3 Å². The first kappa shape index (κ1) is 15.4. The maximum atomic E-state index is 11.9. The first-order valence-electron chi connectivity index (χ1n) is 6.78. The summed E-state index contributed by atoms with van der Waals surface area (Å²) in [5.74, 6) is 0.0740. The van der Waals surface area contributed by atoms with Crippen molar-refractivity contribution in [2.24, 2.45) is 0 Å². The van der Waals surface area contributed by atoms with E-state index in [9.17, 15) is 4.79 Å². The van der Waals surface area contributed by atoms with Crippen LogP contribution in [0.15, 0.2) is 42.5 Å². The molecule has 0 aliphatic rings. The molecule has 0 unspecified atom stereocenters. The highest BCUT2D eigenvalue weighted by molar-refractivity contribution is 6.33. The molecule has 2 aromatic carbocycles. The van der Waals surface area contributed by atoms with Crippen molar-refractivity contribution in [2.75, 3.05) is 5.73 Å². The fourth-order valence-electron chi connectivity index (χ4n) is 1.90. The molecule has 0 aliphatic carbocycles. The fourth-order valence-corrected chi connectivity index (χ4v) is 2.02. The molecule has 0 aromatic heterocycles. The number of nitrogens with two attached hydrogens (primary N) is 1. The number of benzene rings is 2. The number of esters is 1. The molecule has 4 heteroatoms. The van der Waals surface area contributed by atoms with Gasteiger partial charge in [0.05, 0.1) is 16.3 Å². The molecular formula is C17H18ClNO2. The molecule has 2 N–H and O–H groups in total. The predicted molar refractivity (Wildman–Crippen MR) is 85.5 cm³/mol. The van der Waals surface area contributed by atoms with Crippen LogP contribution in [0.4, 0.5) is 5.69 Å². The number of halogens is 1. The van der Waals surface area contributed by atoms with Gasteiger partial charge in [-0.2, -0.15) is 0 Å². The molecule has 2 rings (SSSR count). The average Bonchev–Trinajstić information content (AvgIpc) is 2.48. The molecule has 0 aliphatic heterocycles. The second kappa shape index (κ2) is 6.64. The van der Waals surface area contributed by atoms with Crippen molar-refractivity contribution in [3.63, 3.8) is 0 Å². The lowest BCUT2D eigenvalue weighted by molar-refractivity contribution is 0.0473. The van der Waals surface area contributed by atoms with Crippen LogP contribution in [0.1, 0.15) is 41.3 Å². The molecule has 3 nitrogen and oxygen atoms in total. The molecule has 21 heavy (non-hydrogen) atoms. The highest BCUT2D eigenvalue weighted by atomic mass is 35.5. The summed E-state index contributed by atoms with van der Waals surface area (Å²) in [5, 5.41) is 0.427. The average molecular weight is 304 g/mol. The van der Waals surface area contributed by atoms with Crippen LogP contribution >= 0.6 is 11.6 Å². The summed E-state index contributed by atoms with van der Waals surface area (Å²) in [6, 6.07) is 12.8. The van der Waals surface area contributed by atoms with Crippen LogP contribution in [0.25, 0.3) is 0 Å². The van der Waals surface area contributed by atoms with Crippen molar-refractivity contribution >= 4 is 23.3 Å². The van der Waals surface area contributed by atoms with E-state index in [0.717, 1.165) is 5.56 Å². The second-order valence-corrected chi connectivity index (χ2v) is 5.62. The molecule has 0 spiro atoms. The number of anilines is 1. The predicted octanol–water partition coefficient (Wildman–Crippen LogP) is 4.40. The first-order chi connectivity index (χ1) is 9.97. The molecule has 110 valence electrons. The SMILES string of the molecule is CC(C)c1ccc(COC(=O)c2ccc(Cl)c(N)c2)cc1. The van der Waals surface area contributed by atoms with E-state index in [-0.39, 0.29) is 6.61 Å². The summed E-state index contributed by atoms with van der Waals surface area (Å²) < 4.78 is 5.27. The van der Waals surface area contributed by atoms with E-state index in [2.05, 4.69) is 13.8 Å². The van der Waals surface area contributed by atoms with Crippen LogP contribution in [0.5, 0.6) is 0 Å². The van der Waals surface area contributed by atoms with Gasteiger partial charge in [-0.1, -0.05) is 49.7 Å². The van der Waals surface area contributed by atoms with Crippen LogP contribution in [-0.4, -0.2) is 5.97 Å². The van der Waals surface area contributed by atoms with Gasteiger partial charge in [0.15, 0.2) is 0 Å². The molecule has 2 aromatic rings. The van der Waals surface area contributed by atoms with Gasteiger partial charge in [0.25, 0.3) is 0 Å². The Morgan fingerprint density at radius 2 is 1.86 bits per heavy atom. The Bertz CT molecular complexity index is 636. The van der Waals surface area contributed by atoms with Crippen molar-refractivity contribution < 1.29 is 9.53 Å². The zero-order valence-electron chi connectivity index (χ0n) is 12.1. The van der Waals surface area contributed by atoms with Crippen molar-refractivity contribution in [1.82, 2.24) is 0 Å². The molecule has 0 bridgehead atoms. The number of nitrogen functional groups attached to an aromatic ring is 1. The van der Waals surface area contributed by atoms with Crippen LogP contribution in [-0.2, 0) is 11.3 Å². The Kier molecular flexibility index (Phi) is 4.86. The fraction of sp³-hybridized carbons (Fsp3) is 0.235. The van der Waals surface area contributed by atoms with E-state index < -0.39 is 5.97 Å². The van der Waals surface area contributed by atoms with Crippen LogP contribution < -0.4 is 5.73 Å². The maximum absolute atomic E-state index is 11.9. The molecule has 0 radical (unpaired) electrons. The Labute approximate surface area is 129 Å². The Hall–Kier alpha value is -2.00. The van der Waals surface area contributed by atoms with E-state index in [1.165, 1.54) is 11.6 Å². The largest absolute Gasteiger partial charge is 0.457 e. The highest BCUT2D eigenvalue weighted by Gasteiger charge is 2.09. The third kappa shape index (κ3) is 3.99. The molecule has 0 amide bonds. The van der Waals surface area contributed by atoms with Gasteiger partial charge in [0.1, 0.15) is 6.61 Å². The molecule has 0 heterocycles. The van der Waals surface area contributed by atoms with Gasteiger partial charge in [-0.05, 0) is 35.2 Å². The summed E-state index contributed by atoms with van der Waals surface area (Å²) in [6.07, 6.45) is 0. The molecular weight excluding hydrogens is 286 g/mol. The van der Waals surface area contributed by atoms with Gasteiger partial charge in [-0.3, -0.25) is 0 Å². The summed E-state index contributed by atoms with van der Waals surface area (Å²) in [5.41, 5.74) is 8.65. The lowest BCUT2D eigenvalue weighted by Crippen LogP contribution is -2.06. The second-order valence-electron chi connectivity index (χ2n) is 5.21. The smallest absolute Gasteiger partial charge is 0.338 e. The standard InChI is InChI=1S/C17H18ClNO2/c1-11(2)13-5-3-12(4-6-13)10-21-17(20)14-7-8-15(18)16(19)9-14/h3-9,11H,10,19H2,1-2H3. The Balaban J connectivity index is 1.98. The van der Waals surface area contributed by atoms with Gasteiger partial charge in [-0.15, -0.1) is 0 Å². The minimum atomic E-state index is -0.411. The zero-order chi connectivity index (χ0) is 15.4. The summed E-state index contributed by atoms with van der Waals surface area (Å²) in [4.78, 5) is 11.9. The van der Waals surface area contributed by atoms with Crippen molar-refractivity contribution in [2.45, 2.75) is 26.4 Å². The number of hydrogen-bond donors (Lipinski definition) is 1. The maximum Gasteiger partial charge on any atom is 0.338 e. The lowest BCUT2D eigenvalue weighted by atomic mass is 10.0. The normalized spacial score (nSPS) is 10.7. The van der Waals surface area contributed by atoms with Gasteiger partial charge >= 0.3 is 5.97 Å². The van der Waals surface area contributed by atoms with E-state index >= 15 is 0 Å². The quantitative estimate of drug-likeness (QED) is 0.672. The molecule has 0 saturated carbocycles. The number of carbonyl (C=O) groups excluding carboxylic acids is 1. The van der Waals surface area contributed by atoms with Crippen LogP contribution in [0.2, 0.25) is 5.02 Å². The van der Waals surface area contributed by atoms with Gasteiger partial charge in [0, 0.05) is 0 Å². The third-order valence-electron chi connectivity index (χ3n) is 3.25. The van der Waals surface area contributed by atoms with Gasteiger partial charge in [0.2, 0.25) is 0 Å². The summed E-state index contributed by atoms with van der Waals surface area (Å²) in [7, 11) is 0. The first-order valence-corrected chi connectivity index (χ1v) is 7.16. The number of rotatable bonds is 4. The van der Waals surface area contributed by atoms with E-state index in [1.54, 1.807) is 12.1 Å². The van der Waals surface area contributed by atoms with Crippen molar-refractivity contribution in [3.8, 4) is 0 Å². The van der Waals surface area contributed by atoms with Crippen molar-refractivity contribution in [1.29, 1.82) is 0 Å². The molecule has 0 saturated heterocycles. The summed E-state index contributed by atoms with van der Waals surface area (Å²) in [6.45, 7) is 4.51. The lowest BCUT2D eigenvalue weighted by Gasteiger charge is -2.08. The van der Waals surface area contributed by atoms with Crippen LogP contribution in [0.3, 0.4) is 0 Å². The summed E-state index contributed by atoms with van der Waals surface area (Å²) >= 11 is 5.82. The molecule has 0 fully saturated rings. The zero-order valence-corrected chi connectivity index (χ0v) is 12.9. The number of hydrogen-bond acceptors (Lipinski definition) is 3. The monoisotopic (exact) mass is 303 g/mol. The number of carbonyl (C=O) groups is 1. The highest BCUT2D eigenvalue weighted by Crippen LogP contribution is 2.20. The van der Waals surface area contributed by atoms with E-state index in [0.29, 0.717) is 22.2 Å². The van der Waals surface area contributed by atoms with Gasteiger partial charge < -0.3 is 10.5 Å².